The highest BCUT2D eigenvalue weighted by Gasteiger charge is 2.30. The topological polar surface area (TPSA) is 24.5 Å². The van der Waals surface area contributed by atoms with Gasteiger partial charge in [0, 0.05) is 26.2 Å². The fraction of sp³-hybridized carbons (Fsp3) is 0.667. The Balaban J connectivity index is 1.89. The van der Waals surface area contributed by atoms with E-state index in [4.69, 9.17) is 4.74 Å². The van der Waals surface area contributed by atoms with E-state index in [1.165, 1.54) is 30.5 Å². The second-order valence-corrected chi connectivity index (χ2v) is 6.57. The number of likely N-dealkylation sites (tertiary alicyclic amines) is 1. The molecule has 1 saturated heterocycles. The molecule has 0 radical (unpaired) electrons. The van der Waals surface area contributed by atoms with E-state index in [9.17, 15) is 0 Å². The minimum absolute atomic E-state index is 0.0389. The minimum Gasteiger partial charge on any atom is -0.377 e. The van der Waals surface area contributed by atoms with Gasteiger partial charge in [-0.3, -0.25) is 0 Å². The van der Waals surface area contributed by atoms with Gasteiger partial charge in [0.25, 0.3) is 0 Å². The van der Waals surface area contributed by atoms with Crippen molar-refractivity contribution in [3.63, 3.8) is 0 Å². The minimum atomic E-state index is 0.0389. The average Bonchev–Trinajstić information content (AvgIpc) is 2.50. The third kappa shape index (κ3) is 4.53. The van der Waals surface area contributed by atoms with Crippen LogP contribution in [0.5, 0.6) is 0 Å². The van der Waals surface area contributed by atoms with Gasteiger partial charge >= 0.3 is 0 Å². The zero-order valence-electron chi connectivity index (χ0n) is 14.0. The van der Waals surface area contributed by atoms with Gasteiger partial charge in [-0.15, -0.1) is 0 Å². The lowest BCUT2D eigenvalue weighted by Crippen LogP contribution is -2.47. The first-order chi connectivity index (χ1) is 10.1. The number of nitrogens with zero attached hydrogens (tertiary/aromatic N) is 1. The maximum Gasteiger partial charge on any atom is 0.0777 e. The van der Waals surface area contributed by atoms with Crippen molar-refractivity contribution in [2.24, 2.45) is 0 Å². The molecule has 2 rings (SSSR count). The quantitative estimate of drug-likeness (QED) is 0.871. The van der Waals surface area contributed by atoms with Crippen LogP contribution in [0.3, 0.4) is 0 Å². The normalized spacial score (nSPS) is 25.0. The number of nitrogens with one attached hydrogen (secondary N) is 1. The number of hydrogen-bond acceptors (Lipinski definition) is 3. The zero-order chi connectivity index (χ0) is 15.3. The van der Waals surface area contributed by atoms with Crippen molar-refractivity contribution in [1.82, 2.24) is 10.2 Å². The fourth-order valence-corrected chi connectivity index (χ4v) is 3.25. The molecule has 118 valence electrons. The molecule has 0 amide bonds. The summed E-state index contributed by atoms with van der Waals surface area (Å²) in [4.78, 5) is 2.55. The molecule has 1 fully saturated rings. The predicted octanol–water partition coefficient (Wildman–Crippen LogP) is 3.15. The summed E-state index contributed by atoms with van der Waals surface area (Å²) in [5.74, 6) is 0. The lowest BCUT2D eigenvalue weighted by molar-refractivity contribution is -0.0511. The number of benzene rings is 1. The second kappa shape index (κ2) is 7.39. The molecule has 0 aromatic heterocycles. The van der Waals surface area contributed by atoms with Gasteiger partial charge in [0.15, 0.2) is 0 Å². The first-order valence-electron chi connectivity index (χ1n) is 8.08. The van der Waals surface area contributed by atoms with Crippen molar-refractivity contribution in [3.8, 4) is 0 Å². The first-order valence-corrected chi connectivity index (χ1v) is 8.08. The van der Waals surface area contributed by atoms with Crippen molar-refractivity contribution in [2.45, 2.75) is 44.8 Å². The van der Waals surface area contributed by atoms with Crippen molar-refractivity contribution in [3.05, 3.63) is 35.4 Å². The summed E-state index contributed by atoms with van der Waals surface area (Å²) in [6.07, 6.45) is 3.55. The molecule has 0 spiro atoms. The fourth-order valence-electron chi connectivity index (χ4n) is 3.25. The van der Waals surface area contributed by atoms with Crippen LogP contribution in [0.4, 0.5) is 0 Å². The second-order valence-electron chi connectivity index (χ2n) is 6.57. The molecule has 2 unspecified atom stereocenters. The van der Waals surface area contributed by atoms with Crippen molar-refractivity contribution in [1.29, 1.82) is 0 Å². The number of rotatable bonds is 6. The van der Waals surface area contributed by atoms with E-state index in [1.54, 1.807) is 0 Å². The van der Waals surface area contributed by atoms with E-state index in [-0.39, 0.29) is 5.60 Å². The van der Waals surface area contributed by atoms with Gasteiger partial charge in [-0.05, 0) is 52.3 Å². The Morgan fingerprint density at radius 2 is 2.05 bits per heavy atom. The summed E-state index contributed by atoms with van der Waals surface area (Å²) in [7, 11) is 3.90. The van der Waals surface area contributed by atoms with Crippen molar-refractivity contribution < 1.29 is 4.74 Å². The monoisotopic (exact) mass is 290 g/mol. The van der Waals surface area contributed by atoms with E-state index < -0.39 is 0 Å². The smallest absolute Gasteiger partial charge is 0.0777 e. The predicted molar refractivity (Wildman–Crippen MR) is 88.7 cm³/mol. The third-order valence-corrected chi connectivity index (χ3v) is 4.79. The first kappa shape index (κ1) is 16.5. The molecule has 0 aliphatic carbocycles. The molecule has 1 aromatic carbocycles. The van der Waals surface area contributed by atoms with Gasteiger partial charge < -0.3 is 15.0 Å². The molecule has 1 aromatic rings. The van der Waals surface area contributed by atoms with E-state index in [0.29, 0.717) is 6.04 Å². The maximum atomic E-state index is 5.68. The molecule has 1 heterocycles. The molecule has 2 atom stereocenters. The van der Waals surface area contributed by atoms with E-state index in [2.05, 4.69) is 55.4 Å². The van der Waals surface area contributed by atoms with Crippen LogP contribution in [0.15, 0.2) is 24.3 Å². The van der Waals surface area contributed by atoms with Crippen LogP contribution < -0.4 is 5.32 Å². The molecule has 0 saturated carbocycles. The van der Waals surface area contributed by atoms with E-state index in [0.717, 1.165) is 19.5 Å². The Kier molecular flexibility index (Phi) is 5.80. The molecule has 1 N–H and O–H groups in total. The summed E-state index contributed by atoms with van der Waals surface area (Å²) in [5, 5.41) is 3.45. The molecular weight excluding hydrogens is 260 g/mol. The Hall–Kier alpha value is -0.900. The van der Waals surface area contributed by atoms with Crippen LogP contribution in [0.25, 0.3) is 0 Å². The van der Waals surface area contributed by atoms with Gasteiger partial charge in [0.2, 0.25) is 0 Å². The molecule has 0 bridgehead atoms. The van der Waals surface area contributed by atoms with Crippen LogP contribution in [-0.2, 0) is 4.74 Å². The summed E-state index contributed by atoms with van der Waals surface area (Å²) >= 11 is 0. The number of methoxy groups -OCH3 is 1. The summed E-state index contributed by atoms with van der Waals surface area (Å²) in [6, 6.07) is 9.31. The van der Waals surface area contributed by atoms with Crippen molar-refractivity contribution in [2.75, 3.05) is 33.8 Å². The van der Waals surface area contributed by atoms with E-state index in [1.807, 2.05) is 7.11 Å². The van der Waals surface area contributed by atoms with Crippen LogP contribution >= 0.6 is 0 Å². The van der Waals surface area contributed by atoms with Gasteiger partial charge in [-0.1, -0.05) is 29.8 Å². The van der Waals surface area contributed by atoms with Gasteiger partial charge in [0.1, 0.15) is 0 Å². The zero-order valence-corrected chi connectivity index (χ0v) is 14.0. The molecule has 1 aliphatic heterocycles. The summed E-state index contributed by atoms with van der Waals surface area (Å²) in [6.45, 7) is 7.74. The maximum absolute atomic E-state index is 5.68. The van der Waals surface area contributed by atoms with Gasteiger partial charge in [-0.2, -0.15) is 0 Å². The Morgan fingerprint density at radius 1 is 1.33 bits per heavy atom. The highest BCUT2D eigenvalue weighted by atomic mass is 16.5. The highest BCUT2D eigenvalue weighted by molar-refractivity contribution is 5.24. The summed E-state index contributed by atoms with van der Waals surface area (Å²) < 4.78 is 5.68. The molecule has 3 heteroatoms. The number of piperidine rings is 1. The lowest BCUT2D eigenvalue weighted by atomic mass is 9.94. The Labute approximate surface area is 129 Å². The van der Waals surface area contributed by atoms with Gasteiger partial charge in [0.05, 0.1) is 5.60 Å². The molecule has 1 aliphatic rings. The molecule has 21 heavy (non-hydrogen) atoms. The number of ether oxygens (including phenoxy) is 1. The average molecular weight is 290 g/mol. The van der Waals surface area contributed by atoms with Gasteiger partial charge in [-0.25, -0.2) is 0 Å². The molecular formula is C18H30N2O. The Bertz CT molecular complexity index is 431. The lowest BCUT2D eigenvalue weighted by Gasteiger charge is -2.40. The summed E-state index contributed by atoms with van der Waals surface area (Å²) in [5.41, 5.74) is 2.74. The van der Waals surface area contributed by atoms with Crippen LogP contribution in [-0.4, -0.2) is 44.3 Å². The molecule has 3 nitrogen and oxygen atoms in total. The van der Waals surface area contributed by atoms with E-state index >= 15 is 0 Å². The Morgan fingerprint density at radius 3 is 2.67 bits per heavy atom. The van der Waals surface area contributed by atoms with Crippen molar-refractivity contribution >= 4 is 0 Å². The number of hydrogen-bond donors (Lipinski definition) is 1. The third-order valence-electron chi connectivity index (χ3n) is 4.79. The van der Waals surface area contributed by atoms with Crippen LogP contribution in [0.2, 0.25) is 0 Å². The SMILES string of the molecule is CNC(CCN1CCCC(C)(OC)C1)c1ccc(C)cc1. The number of aryl methyl sites for hydroxylation is 1. The van der Waals surface area contributed by atoms with Crippen LogP contribution in [0, 0.1) is 6.92 Å². The van der Waals surface area contributed by atoms with Crippen LogP contribution in [0.1, 0.15) is 43.4 Å². The standard InChI is InChI=1S/C18H30N2O/c1-15-6-8-16(9-7-15)17(19-3)10-13-20-12-5-11-18(2,14-20)21-4/h6-9,17,19H,5,10-14H2,1-4H3. The highest BCUT2D eigenvalue weighted by Crippen LogP contribution is 2.25. The largest absolute Gasteiger partial charge is 0.377 e.